The van der Waals surface area contributed by atoms with Gasteiger partial charge in [0, 0.05) is 5.69 Å². The van der Waals surface area contributed by atoms with Gasteiger partial charge in [0.05, 0.1) is 7.11 Å². The third-order valence-corrected chi connectivity index (χ3v) is 4.38. The van der Waals surface area contributed by atoms with Gasteiger partial charge in [0.15, 0.2) is 0 Å². The fourth-order valence-electron chi connectivity index (χ4n) is 3.28. The van der Waals surface area contributed by atoms with Gasteiger partial charge in [-0.25, -0.2) is 4.79 Å². The summed E-state index contributed by atoms with van der Waals surface area (Å²) in [5.74, 6) is 0.311. The van der Waals surface area contributed by atoms with Crippen LogP contribution < -0.4 is 0 Å². The van der Waals surface area contributed by atoms with E-state index in [-0.39, 0.29) is 5.97 Å². The zero-order chi connectivity index (χ0) is 14.7. The van der Waals surface area contributed by atoms with Crippen LogP contribution in [0.25, 0.3) is 0 Å². The molecular formula is C18H21NO2. The molecule has 1 aromatic heterocycles. The average Bonchev–Trinajstić information content (AvgIpc) is 3.09. The van der Waals surface area contributed by atoms with Crippen molar-refractivity contribution in [2.24, 2.45) is 0 Å². The maximum Gasteiger partial charge on any atom is 0.354 e. The number of aromatic nitrogens is 1. The Hall–Kier alpha value is -2.03. The molecule has 1 heterocycles. The number of benzene rings is 1. The van der Waals surface area contributed by atoms with Gasteiger partial charge in [-0.15, -0.1) is 0 Å². The second-order valence-corrected chi connectivity index (χ2v) is 5.72. The van der Waals surface area contributed by atoms with Gasteiger partial charge in [0.25, 0.3) is 0 Å². The number of rotatable bonds is 5. The summed E-state index contributed by atoms with van der Waals surface area (Å²) in [6, 6.07) is 12.6. The van der Waals surface area contributed by atoms with Crippen LogP contribution >= 0.6 is 0 Å². The fraction of sp³-hybridized carbons (Fsp3) is 0.389. The van der Waals surface area contributed by atoms with Gasteiger partial charge < -0.3 is 9.72 Å². The first-order chi connectivity index (χ1) is 10.3. The molecule has 3 heteroatoms. The minimum Gasteiger partial charge on any atom is -0.464 e. The summed E-state index contributed by atoms with van der Waals surface area (Å²) in [6.45, 7) is 0. The van der Waals surface area contributed by atoms with Crippen LogP contribution in [0, 0.1) is 0 Å². The summed E-state index contributed by atoms with van der Waals surface area (Å²) in [4.78, 5) is 14.8. The van der Waals surface area contributed by atoms with E-state index in [1.54, 1.807) is 0 Å². The van der Waals surface area contributed by atoms with Crippen molar-refractivity contribution in [3.8, 4) is 0 Å². The molecule has 1 aliphatic rings. The zero-order valence-corrected chi connectivity index (χ0v) is 12.4. The molecule has 0 unspecified atom stereocenters. The fourth-order valence-corrected chi connectivity index (χ4v) is 3.28. The number of nitrogens with one attached hydrogen (secondary N) is 1. The number of aromatic amines is 1. The minimum absolute atomic E-state index is 0.271. The maximum atomic E-state index is 11.6. The Balaban J connectivity index is 1.59. The molecule has 0 aliphatic heterocycles. The summed E-state index contributed by atoms with van der Waals surface area (Å²) in [5, 5.41) is 0. The van der Waals surface area contributed by atoms with Crippen molar-refractivity contribution in [3.63, 3.8) is 0 Å². The van der Waals surface area contributed by atoms with Crippen LogP contribution in [-0.2, 0) is 17.6 Å². The Labute approximate surface area is 125 Å². The first kappa shape index (κ1) is 13.9. The van der Waals surface area contributed by atoms with E-state index >= 15 is 0 Å². The van der Waals surface area contributed by atoms with Gasteiger partial charge in [0.2, 0.25) is 0 Å². The molecule has 0 saturated carbocycles. The van der Waals surface area contributed by atoms with Gasteiger partial charge in [-0.3, -0.25) is 0 Å². The smallest absolute Gasteiger partial charge is 0.354 e. The lowest BCUT2D eigenvalue weighted by Gasteiger charge is -2.09. The van der Waals surface area contributed by atoms with E-state index < -0.39 is 0 Å². The molecule has 1 atom stereocenters. The number of esters is 1. The largest absolute Gasteiger partial charge is 0.464 e. The molecule has 2 aromatic rings. The number of hydrogen-bond acceptors (Lipinski definition) is 2. The average molecular weight is 283 g/mol. The lowest BCUT2D eigenvalue weighted by atomic mass is 9.95. The highest BCUT2D eigenvalue weighted by Gasteiger charge is 2.26. The Morgan fingerprint density at radius 2 is 2.14 bits per heavy atom. The highest BCUT2D eigenvalue weighted by Crippen LogP contribution is 2.37. The molecular weight excluding hydrogens is 262 g/mol. The summed E-state index contributed by atoms with van der Waals surface area (Å²) < 4.78 is 4.78. The molecule has 1 aliphatic carbocycles. The number of fused-ring (bicyclic) bond motifs is 1. The van der Waals surface area contributed by atoms with Gasteiger partial charge >= 0.3 is 5.97 Å². The third kappa shape index (κ3) is 3.02. The van der Waals surface area contributed by atoms with Crippen LogP contribution in [-0.4, -0.2) is 18.1 Å². The summed E-state index contributed by atoms with van der Waals surface area (Å²) in [6.07, 6.45) is 5.73. The minimum atomic E-state index is -0.271. The number of ether oxygens (including phenoxy) is 1. The molecule has 0 bridgehead atoms. The van der Waals surface area contributed by atoms with Gasteiger partial charge in [0.1, 0.15) is 5.69 Å². The van der Waals surface area contributed by atoms with E-state index in [4.69, 9.17) is 4.74 Å². The Morgan fingerprint density at radius 1 is 1.33 bits per heavy atom. The number of aryl methyl sites for hydroxylation is 2. The molecule has 3 nitrogen and oxygen atoms in total. The standard InChI is InChI=1S/C18H21NO2/c1-21-18(20)17-12-15-14(10-11-16(15)19-17)9-5-8-13-6-3-2-4-7-13/h2-4,6-7,12,14,19H,5,8-11H2,1H3/t14-/m0/s1. The first-order valence-corrected chi connectivity index (χ1v) is 7.62. The Bertz CT molecular complexity index is 615. The predicted molar refractivity (Wildman–Crippen MR) is 82.6 cm³/mol. The lowest BCUT2D eigenvalue weighted by molar-refractivity contribution is 0.0594. The molecule has 0 amide bonds. The molecule has 3 rings (SSSR count). The highest BCUT2D eigenvalue weighted by molar-refractivity contribution is 5.87. The molecule has 1 aromatic carbocycles. The van der Waals surface area contributed by atoms with Crippen molar-refractivity contribution in [2.75, 3.05) is 7.11 Å². The van der Waals surface area contributed by atoms with E-state index in [1.807, 2.05) is 6.07 Å². The van der Waals surface area contributed by atoms with E-state index in [0.29, 0.717) is 11.6 Å². The SMILES string of the molecule is COC(=O)c1cc2c([nH]1)CC[C@@H]2CCCc1ccccc1. The Kier molecular flexibility index (Phi) is 4.09. The van der Waals surface area contributed by atoms with E-state index in [1.165, 1.54) is 43.2 Å². The second kappa shape index (κ2) is 6.17. The second-order valence-electron chi connectivity index (χ2n) is 5.72. The third-order valence-electron chi connectivity index (χ3n) is 4.38. The molecule has 0 saturated heterocycles. The number of H-pyrrole nitrogens is 1. The van der Waals surface area contributed by atoms with E-state index in [0.717, 1.165) is 12.8 Å². The van der Waals surface area contributed by atoms with Gasteiger partial charge in [-0.2, -0.15) is 0 Å². The summed E-state index contributed by atoms with van der Waals surface area (Å²) in [5.41, 5.74) is 4.54. The Morgan fingerprint density at radius 3 is 2.90 bits per heavy atom. The van der Waals surface area contributed by atoms with Crippen LogP contribution in [0.1, 0.15) is 52.5 Å². The number of hydrogen-bond donors (Lipinski definition) is 1. The zero-order valence-electron chi connectivity index (χ0n) is 12.4. The van der Waals surface area contributed by atoms with Gasteiger partial charge in [-0.1, -0.05) is 30.3 Å². The van der Waals surface area contributed by atoms with Crippen molar-refractivity contribution in [3.05, 3.63) is 58.9 Å². The van der Waals surface area contributed by atoms with Crippen molar-refractivity contribution in [1.82, 2.24) is 4.98 Å². The van der Waals surface area contributed by atoms with Crippen molar-refractivity contribution < 1.29 is 9.53 Å². The van der Waals surface area contributed by atoms with Crippen molar-refractivity contribution in [2.45, 2.75) is 38.0 Å². The quantitative estimate of drug-likeness (QED) is 0.847. The highest BCUT2D eigenvalue weighted by atomic mass is 16.5. The molecule has 110 valence electrons. The summed E-state index contributed by atoms with van der Waals surface area (Å²) >= 11 is 0. The molecule has 21 heavy (non-hydrogen) atoms. The molecule has 0 fully saturated rings. The normalized spacial score (nSPS) is 16.7. The topological polar surface area (TPSA) is 42.1 Å². The van der Waals surface area contributed by atoms with Gasteiger partial charge in [-0.05, 0) is 55.2 Å². The van der Waals surface area contributed by atoms with Crippen molar-refractivity contribution in [1.29, 1.82) is 0 Å². The molecule has 1 N–H and O–H groups in total. The predicted octanol–water partition coefficient (Wildman–Crippen LogP) is 3.85. The monoisotopic (exact) mass is 283 g/mol. The van der Waals surface area contributed by atoms with E-state index in [2.05, 4.69) is 35.3 Å². The lowest BCUT2D eigenvalue weighted by Crippen LogP contribution is -2.02. The summed E-state index contributed by atoms with van der Waals surface area (Å²) in [7, 11) is 1.42. The number of carbonyl (C=O) groups excluding carboxylic acids is 1. The van der Waals surface area contributed by atoms with Crippen LogP contribution in [0.2, 0.25) is 0 Å². The van der Waals surface area contributed by atoms with Crippen LogP contribution in [0.3, 0.4) is 0 Å². The number of methoxy groups -OCH3 is 1. The van der Waals surface area contributed by atoms with Crippen LogP contribution in [0.5, 0.6) is 0 Å². The molecule has 0 spiro atoms. The van der Waals surface area contributed by atoms with Crippen LogP contribution in [0.15, 0.2) is 36.4 Å². The first-order valence-electron chi connectivity index (χ1n) is 7.62. The number of carbonyl (C=O) groups is 1. The van der Waals surface area contributed by atoms with Crippen molar-refractivity contribution >= 4 is 5.97 Å². The maximum absolute atomic E-state index is 11.6. The van der Waals surface area contributed by atoms with E-state index in [9.17, 15) is 4.79 Å². The van der Waals surface area contributed by atoms with Crippen LogP contribution in [0.4, 0.5) is 0 Å². The molecule has 0 radical (unpaired) electrons.